The number of benzene rings is 1. The van der Waals surface area contributed by atoms with Crippen molar-refractivity contribution in [2.24, 2.45) is 0 Å². The Morgan fingerprint density at radius 3 is 2.32 bits per heavy atom. The molecular formula is C18H30Cl2N4O. The van der Waals surface area contributed by atoms with Crippen LogP contribution in [0.5, 0.6) is 0 Å². The van der Waals surface area contributed by atoms with E-state index in [0.29, 0.717) is 0 Å². The molecule has 2 fully saturated rings. The third-order valence-corrected chi connectivity index (χ3v) is 4.83. The van der Waals surface area contributed by atoms with E-state index in [2.05, 4.69) is 34.3 Å². The summed E-state index contributed by atoms with van der Waals surface area (Å²) in [6, 6.07) is 8.21. The molecule has 0 radical (unpaired) electrons. The third-order valence-electron chi connectivity index (χ3n) is 4.83. The lowest BCUT2D eigenvalue weighted by molar-refractivity contribution is 0.0766. The number of piperazine rings is 1. The van der Waals surface area contributed by atoms with Gasteiger partial charge in [-0.1, -0.05) is 12.1 Å². The molecule has 0 bridgehead atoms. The summed E-state index contributed by atoms with van der Waals surface area (Å²) in [5.74, 6) is 0.167. The van der Waals surface area contributed by atoms with Crippen molar-refractivity contribution >= 4 is 30.7 Å². The molecule has 0 spiro atoms. The highest BCUT2D eigenvalue weighted by Crippen LogP contribution is 2.12. The number of carbonyl (C=O) groups is 1. The van der Waals surface area contributed by atoms with Gasteiger partial charge in [-0.25, -0.2) is 0 Å². The summed E-state index contributed by atoms with van der Waals surface area (Å²) in [6.07, 6.45) is 1.03. The van der Waals surface area contributed by atoms with Crippen molar-refractivity contribution in [3.8, 4) is 0 Å². The quantitative estimate of drug-likeness (QED) is 0.855. The molecule has 5 nitrogen and oxygen atoms in total. The van der Waals surface area contributed by atoms with Gasteiger partial charge in [-0.3, -0.25) is 9.69 Å². The van der Waals surface area contributed by atoms with Crippen LogP contribution in [0.2, 0.25) is 0 Å². The second-order valence-electron chi connectivity index (χ2n) is 6.67. The predicted octanol–water partition coefficient (Wildman–Crippen LogP) is 1.71. The van der Waals surface area contributed by atoms with Crippen LogP contribution in [-0.4, -0.2) is 80.0 Å². The van der Waals surface area contributed by atoms with Gasteiger partial charge in [0.05, 0.1) is 0 Å². The standard InChI is InChI=1S/C18H28N4O.2ClH/c1-20-11-13-21(14-12-20)15-16-3-5-17(6-4-16)18(23)22-9-2-7-19-8-10-22;;/h3-6,19H,2,7-15H2,1H3;2*1H. The molecule has 3 rings (SSSR count). The van der Waals surface area contributed by atoms with Crippen LogP contribution in [0.4, 0.5) is 0 Å². The van der Waals surface area contributed by atoms with E-state index >= 15 is 0 Å². The molecule has 0 aliphatic carbocycles. The molecule has 2 saturated heterocycles. The van der Waals surface area contributed by atoms with Crippen molar-refractivity contribution in [2.75, 3.05) is 59.4 Å². The van der Waals surface area contributed by atoms with Crippen LogP contribution in [0.15, 0.2) is 24.3 Å². The molecule has 2 heterocycles. The van der Waals surface area contributed by atoms with Gasteiger partial charge in [0, 0.05) is 57.9 Å². The van der Waals surface area contributed by atoms with E-state index in [0.717, 1.165) is 70.9 Å². The first-order valence-electron chi connectivity index (χ1n) is 8.72. The van der Waals surface area contributed by atoms with E-state index in [4.69, 9.17) is 0 Å². The van der Waals surface area contributed by atoms with E-state index in [1.807, 2.05) is 17.0 Å². The topological polar surface area (TPSA) is 38.8 Å². The molecule has 142 valence electrons. The number of rotatable bonds is 3. The third kappa shape index (κ3) is 6.42. The molecule has 25 heavy (non-hydrogen) atoms. The summed E-state index contributed by atoms with van der Waals surface area (Å²) in [7, 11) is 2.18. The zero-order chi connectivity index (χ0) is 16.1. The fourth-order valence-electron chi connectivity index (χ4n) is 3.25. The molecule has 7 heteroatoms. The summed E-state index contributed by atoms with van der Waals surface area (Å²) < 4.78 is 0. The van der Waals surface area contributed by atoms with E-state index in [1.165, 1.54) is 5.56 Å². The molecule has 0 atom stereocenters. The smallest absolute Gasteiger partial charge is 0.253 e. The minimum atomic E-state index is 0. The Hall–Kier alpha value is -0.850. The Morgan fingerprint density at radius 1 is 0.960 bits per heavy atom. The Morgan fingerprint density at radius 2 is 1.64 bits per heavy atom. The molecule has 2 aliphatic heterocycles. The first kappa shape index (κ1) is 22.2. The normalized spacial score (nSPS) is 19.5. The van der Waals surface area contributed by atoms with Crippen LogP contribution < -0.4 is 5.32 Å². The summed E-state index contributed by atoms with van der Waals surface area (Å²) in [5.41, 5.74) is 2.11. The predicted molar refractivity (Wildman–Crippen MR) is 107 cm³/mol. The van der Waals surface area contributed by atoms with Crippen LogP contribution in [0.1, 0.15) is 22.3 Å². The molecule has 2 aliphatic rings. The molecule has 1 aromatic rings. The highest BCUT2D eigenvalue weighted by Gasteiger charge is 2.17. The Kier molecular flexibility index (Phi) is 9.75. The van der Waals surface area contributed by atoms with Gasteiger partial charge in [0.1, 0.15) is 0 Å². The molecular weight excluding hydrogens is 359 g/mol. The Balaban J connectivity index is 0.00000156. The number of nitrogens with zero attached hydrogens (tertiary/aromatic N) is 3. The monoisotopic (exact) mass is 388 g/mol. The van der Waals surface area contributed by atoms with Crippen molar-refractivity contribution in [3.63, 3.8) is 0 Å². The second kappa shape index (κ2) is 11.0. The first-order chi connectivity index (χ1) is 11.2. The summed E-state index contributed by atoms with van der Waals surface area (Å²) >= 11 is 0. The lowest BCUT2D eigenvalue weighted by atomic mass is 10.1. The summed E-state index contributed by atoms with van der Waals surface area (Å²) in [4.78, 5) is 19.4. The highest BCUT2D eigenvalue weighted by molar-refractivity contribution is 5.94. The number of amides is 1. The zero-order valence-corrected chi connectivity index (χ0v) is 16.6. The van der Waals surface area contributed by atoms with Crippen LogP contribution in [0.25, 0.3) is 0 Å². The Labute approximate surface area is 163 Å². The van der Waals surface area contributed by atoms with E-state index in [-0.39, 0.29) is 30.7 Å². The summed E-state index contributed by atoms with van der Waals surface area (Å²) in [5, 5.41) is 3.34. The van der Waals surface area contributed by atoms with Crippen molar-refractivity contribution in [1.82, 2.24) is 20.0 Å². The number of carbonyl (C=O) groups excluding carboxylic acids is 1. The van der Waals surface area contributed by atoms with Crippen LogP contribution in [0, 0.1) is 0 Å². The van der Waals surface area contributed by atoms with E-state index in [9.17, 15) is 4.79 Å². The van der Waals surface area contributed by atoms with E-state index < -0.39 is 0 Å². The second-order valence-corrected chi connectivity index (χ2v) is 6.67. The minimum Gasteiger partial charge on any atom is -0.337 e. The van der Waals surface area contributed by atoms with Gasteiger partial charge >= 0.3 is 0 Å². The molecule has 1 N–H and O–H groups in total. The zero-order valence-electron chi connectivity index (χ0n) is 14.9. The average molecular weight is 389 g/mol. The van der Waals surface area contributed by atoms with Gasteiger partial charge in [-0.2, -0.15) is 0 Å². The molecule has 1 amide bonds. The SMILES string of the molecule is CN1CCN(Cc2ccc(C(=O)N3CCCNCC3)cc2)CC1.Cl.Cl. The van der Waals surface area contributed by atoms with Crippen LogP contribution >= 0.6 is 24.8 Å². The van der Waals surface area contributed by atoms with Gasteiger partial charge in [-0.05, 0) is 37.7 Å². The van der Waals surface area contributed by atoms with Gasteiger partial charge in [0.25, 0.3) is 5.91 Å². The number of nitrogens with one attached hydrogen (secondary N) is 1. The lowest BCUT2D eigenvalue weighted by Crippen LogP contribution is -2.43. The molecule has 0 saturated carbocycles. The Bertz CT molecular complexity index is 510. The number of likely N-dealkylation sites (N-methyl/N-ethyl adjacent to an activating group) is 1. The fraction of sp³-hybridized carbons (Fsp3) is 0.611. The van der Waals surface area contributed by atoms with Crippen molar-refractivity contribution in [2.45, 2.75) is 13.0 Å². The minimum absolute atomic E-state index is 0. The molecule has 0 aromatic heterocycles. The number of hydrogen-bond donors (Lipinski definition) is 1. The first-order valence-corrected chi connectivity index (χ1v) is 8.72. The maximum Gasteiger partial charge on any atom is 0.253 e. The van der Waals surface area contributed by atoms with E-state index in [1.54, 1.807) is 0 Å². The average Bonchev–Trinajstić information content (AvgIpc) is 2.86. The summed E-state index contributed by atoms with van der Waals surface area (Å²) in [6.45, 7) is 9.07. The van der Waals surface area contributed by atoms with Gasteiger partial charge in [0.2, 0.25) is 0 Å². The largest absolute Gasteiger partial charge is 0.337 e. The van der Waals surface area contributed by atoms with Crippen molar-refractivity contribution < 1.29 is 4.79 Å². The molecule has 1 aromatic carbocycles. The maximum absolute atomic E-state index is 12.6. The highest BCUT2D eigenvalue weighted by atomic mass is 35.5. The van der Waals surface area contributed by atoms with Gasteiger partial charge < -0.3 is 15.1 Å². The lowest BCUT2D eigenvalue weighted by Gasteiger charge is -2.32. The fourth-order valence-corrected chi connectivity index (χ4v) is 3.25. The number of hydrogen-bond acceptors (Lipinski definition) is 4. The molecule has 0 unspecified atom stereocenters. The van der Waals surface area contributed by atoms with Gasteiger partial charge in [-0.15, -0.1) is 24.8 Å². The number of halogens is 2. The van der Waals surface area contributed by atoms with Crippen molar-refractivity contribution in [1.29, 1.82) is 0 Å². The van der Waals surface area contributed by atoms with Crippen molar-refractivity contribution in [3.05, 3.63) is 35.4 Å². The maximum atomic E-state index is 12.6. The van der Waals surface area contributed by atoms with Gasteiger partial charge in [0.15, 0.2) is 0 Å². The van der Waals surface area contributed by atoms with Crippen LogP contribution in [0.3, 0.4) is 0 Å². The van der Waals surface area contributed by atoms with Crippen LogP contribution in [-0.2, 0) is 6.54 Å².